The molecule has 8 heteroatoms. The lowest BCUT2D eigenvalue weighted by atomic mass is 10.1. The summed E-state index contributed by atoms with van der Waals surface area (Å²) in [6.45, 7) is 1.64. The van der Waals surface area contributed by atoms with Crippen LogP contribution in [0.1, 0.15) is 21.5 Å². The fraction of sp³-hybridized carbons (Fsp3) is 0.200. The number of pyridine rings is 2. The highest BCUT2D eigenvalue weighted by Crippen LogP contribution is 2.15. The van der Waals surface area contributed by atoms with Crippen molar-refractivity contribution in [2.24, 2.45) is 0 Å². The molecular formula is C20H20N4O4. The molecule has 1 amide bonds. The number of fused-ring (bicyclic) bond motifs is 1. The predicted octanol–water partition coefficient (Wildman–Crippen LogP) is 1.76. The Morgan fingerprint density at radius 3 is 2.50 bits per heavy atom. The van der Waals surface area contributed by atoms with Crippen molar-refractivity contribution in [3.8, 4) is 0 Å². The van der Waals surface area contributed by atoms with Gasteiger partial charge in [-0.2, -0.15) is 0 Å². The Labute approximate surface area is 160 Å². The number of benzene rings is 1. The average molecular weight is 380 g/mol. The van der Waals surface area contributed by atoms with Crippen LogP contribution < -0.4 is 16.2 Å². The van der Waals surface area contributed by atoms with Gasteiger partial charge in [-0.1, -0.05) is 29.8 Å². The van der Waals surface area contributed by atoms with Crippen molar-refractivity contribution in [1.29, 1.82) is 0 Å². The smallest absolute Gasteiger partial charge is 0.323 e. The lowest BCUT2D eigenvalue weighted by Gasteiger charge is -2.12. The molecule has 3 N–H and O–H groups in total. The number of nitrogens with zero attached hydrogens (tertiary/aromatic N) is 2. The summed E-state index contributed by atoms with van der Waals surface area (Å²) in [6.07, 6.45) is 0. The molecule has 3 aromatic rings. The number of nitrogens with one attached hydrogen (secondary N) is 2. The van der Waals surface area contributed by atoms with Crippen molar-refractivity contribution in [3.63, 3.8) is 0 Å². The van der Waals surface area contributed by atoms with E-state index < -0.39 is 24.0 Å². The molecule has 0 saturated heterocycles. The molecule has 0 fully saturated rings. The maximum atomic E-state index is 12.8. The van der Waals surface area contributed by atoms with Gasteiger partial charge in [-0.3, -0.25) is 19.0 Å². The number of carbonyl (C=O) groups is 2. The number of carboxylic acid groups (broad SMARTS) is 1. The molecular weight excluding hydrogens is 360 g/mol. The topological polar surface area (TPSA) is 113 Å². The normalized spacial score (nSPS) is 10.6. The summed E-state index contributed by atoms with van der Waals surface area (Å²) in [5, 5.41) is 15.2. The average Bonchev–Trinajstić information content (AvgIpc) is 2.68. The van der Waals surface area contributed by atoms with Crippen LogP contribution in [-0.2, 0) is 17.9 Å². The number of anilines is 1. The van der Waals surface area contributed by atoms with Crippen molar-refractivity contribution < 1.29 is 14.7 Å². The molecule has 2 aromatic heterocycles. The standard InChI is InChI=1S/C20H20N4O4/c1-12-3-5-13(6-4-12)10-22-19(27)15-9-14-7-8-16(21-2)23-18(14)24(20(15)28)11-17(25)26/h3-9H,10-11H2,1-2H3,(H,21,23)(H,22,27)(H,25,26). The van der Waals surface area contributed by atoms with Gasteiger partial charge in [0.05, 0.1) is 0 Å². The molecule has 8 nitrogen and oxygen atoms in total. The van der Waals surface area contributed by atoms with E-state index in [1.807, 2.05) is 31.2 Å². The van der Waals surface area contributed by atoms with Crippen molar-refractivity contribution in [2.45, 2.75) is 20.0 Å². The molecule has 28 heavy (non-hydrogen) atoms. The maximum absolute atomic E-state index is 12.8. The first-order valence-electron chi connectivity index (χ1n) is 8.67. The minimum Gasteiger partial charge on any atom is -0.480 e. The second-order valence-electron chi connectivity index (χ2n) is 6.37. The molecule has 0 aliphatic carbocycles. The Kier molecular flexibility index (Phi) is 5.39. The van der Waals surface area contributed by atoms with E-state index in [0.29, 0.717) is 11.2 Å². The Morgan fingerprint density at radius 2 is 1.86 bits per heavy atom. The van der Waals surface area contributed by atoms with Gasteiger partial charge in [-0.15, -0.1) is 0 Å². The molecule has 2 heterocycles. The highest BCUT2D eigenvalue weighted by atomic mass is 16.4. The third kappa shape index (κ3) is 4.01. The summed E-state index contributed by atoms with van der Waals surface area (Å²) in [5.41, 5.74) is 1.38. The Morgan fingerprint density at radius 1 is 1.14 bits per heavy atom. The van der Waals surface area contributed by atoms with Crippen LogP contribution in [0.25, 0.3) is 11.0 Å². The first-order valence-corrected chi connectivity index (χ1v) is 8.67. The predicted molar refractivity (Wildman–Crippen MR) is 106 cm³/mol. The Bertz CT molecular complexity index is 1100. The molecule has 0 aliphatic rings. The van der Waals surface area contributed by atoms with E-state index in [1.165, 1.54) is 6.07 Å². The zero-order valence-electron chi connectivity index (χ0n) is 15.5. The van der Waals surface area contributed by atoms with Gasteiger partial charge in [0, 0.05) is 19.0 Å². The van der Waals surface area contributed by atoms with Gasteiger partial charge in [0.15, 0.2) is 0 Å². The molecule has 1 aromatic carbocycles. The number of hydrogen-bond acceptors (Lipinski definition) is 5. The van der Waals surface area contributed by atoms with Gasteiger partial charge in [0.2, 0.25) is 0 Å². The number of amides is 1. The SMILES string of the molecule is CNc1ccc2cc(C(=O)NCc3ccc(C)cc3)c(=O)n(CC(=O)O)c2n1. The number of aliphatic carboxylic acids is 1. The van der Waals surface area contributed by atoms with Gasteiger partial charge < -0.3 is 15.7 Å². The second kappa shape index (κ2) is 7.91. The fourth-order valence-electron chi connectivity index (χ4n) is 2.81. The molecule has 3 rings (SSSR count). The molecule has 0 spiro atoms. The van der Waals surface area contributed by atoms with Gasteiger partial charge in [-0.25, -0.2) is 4.98 Å². The van der Waals surface area contributed by atoms with E-state index in [0.717, 1.165) is 15.7 Å². The largest absolute Gasteiger partial charge is 0.480 e. The van der Waals surface area contributed by atoms with Crippen LogP contribution in [0.15, 0.2) is 47.3 Å². The molecule has 0 atom stereocenters. The molecule has 144 valence electrons. The summed E-state index contributed by atoms with van der Waals surface area (Å²) < 4.78 is 0.999. The molecule has 0 unspecified atom stereocenters. The fourth-order valence-corrected chi connectivity index (χ4v) is 2.81. The summed E-state index contributed by atoms with van der Waals surface area (Å²) in [6, 6.07) is 12.5. The van der Waals surface area contributed by atoms with Crippen LogP contribution in [0.4, 0.5) is 5.82 Å². The molecule has 0 saturated carbocycles. The van der Waals surface area contributed by atoms with Crippen LogP contribution >= 0.6 is 0 Å². The van der Waals surface area contributed by atoms with E-state index in [9.17, 15) is 19.5 Å². The minimum absolute atomic E-state index is 0.125. The number of aryl methyl sites for hydroxylation is 1. The quantitative estimate of drug-likeness (QED) is 0.601. The second-order valence-corrected chi connectivity index (χ2v) is 6.37. The van der Waals surface area contributed by atoms with Crippen LogP contribution in [0.3, 0.4) is 0 Å². The zero-order valence-corrected chi connectivity index (χ0v) is 15.5. The Hall–Kier alpha value is -3.68. The van der Waals surface area contributed by atoms with E-state index in [2.05, 4.69) is 15.6 Å². The number of carbonyl (C=O) groups excluding carboxylic acids is 1. The number of aromatic nitrogens is 2. The van der Waals surface area contributed by atoms with Crippen LogP contribution in [0.2, 0.25) is 0 Å². The van der Waals surface area contributed by atoms with Crippen molar-refractivity contribution >= 4 is 28.7 Å². The van der Waals surface area contributed by atoms with Gasteiger partial charge in [0.1, 0.15) is 23.6 Å². The lowest BCUT2D eigenvalue weighted by molar-refractivity contribution is -0.137. The van der Waals surface area contributed by atoms with Crippen LogP contribution in [0.5, 0.6) is 0 Å². The highest BCUT2D eigenvalue weighted by molar-refractivity contribution is 5.97. The first kappa shape index (κ1) is 19.1. The summed E-state index contributed by atoms with van der Waals surface area (Å²) in [4.78, 5) is 40.9. The van der Waals surface area contributed by atoms with Crippen molar-refractivity contribution in [3.05, 3.63) is 69.5 Å². The summed E-state index contributed by atoms with van der Waals surface area (Å²) in [5.74, 6) is -1.27. The third-order valence-corrected chi connectivity index (χ3v) is 4.30. The highest BCUT2D eigenvalue weighted by Gasteiger charge is 2.18. The molecule has 0 bridgehead atoms. The van der Waals surface area contributed by atoms with Crippen LogP contribution in [-0.4, -0.2) is 33.6 Å². The minimum atomic E-state index is -1.20. The maximum Gasteiger partial charge on any atom is 0.323 e. The number of carboxylic acids is 1. The van der Waals surface area contributed by atoms with Crippen molar-refractivity contribution in [2.75, 3.05) is 12.4 Å². The van der Waals surface area contributed by atoms with E-state index >= 15 is 0 Å². The summed E-state index contributed by atoms with van der Waals surface area (Å²) >= 11 is 0. The third-order valence-electron chi connectivity index (χ3n) is 4.30. The van der Waals surface area contributed by atoms with Gasteiger partial charge >= 0.3 is 5.97 Å². The molecule has 0 radical (unpaired) electrons. The van der Waals surface area contributed by atoms with Gasteiger partial charge in [-0.05, 0) is 30.7 Å². The van der Waals surface area contributed by atoms with E-state index in [4.69, 9.17) is 0 Å². The first-order chi connectivity index (χ1) is 13.4. The summed E-state index contributed by atoms with van der Waals surface area (Å²) in [7, 11) is 1.67. The monoisotopic (exact) mass is 380 g/mol. The lowest BCUT2D eigenvalue weighted by Crippen LogP contribution is -2.34. The molecule has 0 aliphatic heterocycles. The van der Waals surface area contributed by atoms with Crippen LogP contribution in [0, 0.1) is 6.92 Å². The van der Waals surface area contributed by atoms with E-state index in [-0.39, 0.29) is 17.8 Å². The van der Waals surface area contributed by atoms with Crippen molar-refractivity contribution in [1.82, 2.24) is 14.9 Å². The zero-order chi connectivity index (χ0) is 20.3. The Balaban J connectivity index is 1.98. The number of rotatable bonds is 6. The van der Waals surface area contributed by atoms with E-state index in [1.54, 1.807) is 19.2 Å². The van der Waals surface area contributed by atoms with Gasteiger partial charge in [0.25, 0.3) is 11.5 Å². The number of hydrogen-bond donors (Lipinski definition) is 3.